The SMILES string of the molecule is Cc1ccc(Cn2nc3n(c(=O)c2=O)C[C@@]2(CCN(C(=O)c4ccnn4C)C2)C3)cc1. The molecule has 0 saturated carbocycles. The van der Waals surface area contributed by atoms with Gasteiger partial charge in [-0.05, 0) is 25.0 Å². The minimum atomic E-state index is -0.609. The van der Waals surface area contributed by atoms with Crippen molar-refractivity contribution in [2.75, 3.05) is 13.1 Å². The summed E-state index contributed by atoms with van der Waals surface area (Å²) in [5.74, 6) is 0.554. The van der Waals surface area contributed by atoms with Crippen molar-refractivity contribution >= 4 is 5.91 Å². The van der Waals surface area contributed by atoms with E-state index >= 15 is 0 Å². The maximum Gasteiger partial charge on any atom is 0.332 e. The third kappa shape index (κ3) is 3.30. The normalized spacial score (nSPS) is 19.9. The van der Waals surface area contributed by atoms with Gasteiger partial charge in [0.1, 0.15) is 11.5 Å². The van der Waals surface area contributed by atoms with Crippen molar-refractivity contribution in [1.82, 2.24) is 29.0 Å². The summed E-state index contributed by atoms with van der Waals surface area (Å²) in [7, 11) is 1.75. The number of amides is 1. The van der Waals surface area contributed by atoms with Gasteiger partial charge in [-0.1, -0.05) is 29.8 Å². The van der Waals surface area contributed by atoms with E-state index < -0.39 is 11.1 Å². The fourth-order valence-corrected chi connectivity index (χ4v) is 4.70. The van der Waals surface area contributed by atoms with Crippen LogP contribution in [0.4, 0.5) is 0 Å². The summed E-state index contributed by atoms with van der Waals surface area (Å²) in [6.45, 7) is 3.83. The molecule has 0 unspecified atom stereocenters. The molecule has 0 N–H and O–H groups in total. The van der Waals surface area contributed by atoms with Gasteiger partial charge in [0.05, 0.1) is 6.54 Å². The highest BCUT2D eigenvalue weighted by molar-refractivity contribution is 5.92. The Hall–Kier alpha value is -3.49. The van der Waals surface area contributed by atoms with Crippen molar-refractivity contribution in [2.24, 2.45) is 12.5 Å². The van der Waals surface area contributed by atoms with E-state index in [2.05, 4.69) is 10.2 Å². The molecule has 3 aromatic rings. The Morgan fingerprint density at radius 1 is 1.10 bits per heavy atom. The molecule has 0 radical (unpaired) electrons. The van der Waals surface area contributed by atoms with Gasteiger partial charge < -0.3 is 4.90 Å². The van der Waals surface area contributed by atoms with Gasteiger partial charge in [-0.15, -0.1) is 0 Å². The molecule has 160 valence electrons. The summed E-state index contributed by atoms with van der Waals surface area (Å²) in [6.07, 6.45) is 2.95. The van der Waals surface area contributed by atoms with Gasteiger partial charge in [0.2, 0.25) is 0 Å². The maximum absolute atomic E-state index is 12.9. The molecule has 9 heteroatoms. The molecular weight excluding hydrogens is 396 g/mol. The van der Waals surface area contributed by atoms with Crippen molar-refractivity contribution in [3.8, 4) is 0 Å². The highest BCUT2D eigenvalue weighted by Crippen LogP contribution is 2.39. The monoisotopic (exact) mass is 420 g/mol. The van der Waals surface area contributed by atoms with Crippen LogP contribution in [0.15, 0.2) is 46.1 Å². The Balaban J connectivity index is 1.39. The average Bonchev–Trinajstić information content (AvgIpc) is 3.46. The summed E-state index contributed by atoms with van der Waals surface area (Å²) in [5.41, 5.74) is 1.19. The molecule has 1 aromatic carbocycles. The van der Waals surface area contributed by atoms with Crippen LogP contribution in [-0.4, -0.2) is 48.0 Å². The second kappa shape index (κ2) is 7.04. The van der Waals surface area contributed by atoms with Crippen molar-refractivity contribution in [3.63, 3.8) is 0 Å². The van der Waals surface area contributed by atoms with E-state index in [1.807, 2.05) is 36.1 Å². The molecular formula is C22H24N6O3. The van der Waals surface area contributed by atoms with E-state index in [9.17, 15) is 14.4 Å². The Bertz CT molecular complexity index is 1290. The fourth-order valence-electron chi connectivity index (χ4n) is 4.70. The smallest absolute Gasteiger partial charge is 0.332 e. The van der Waals surface area contributed by atoms with Crippen LogP contribution < -0.4 is 11.1 Å². The summed E-state index contributed by atoms with van der Waals surface area (Å²) >= 11 is 0. The fraction of sp³-hybridized carbons (Fsp3) is 0.409. The Kier molecular flexibility index (Phi) is 4.42. The van der Waals surface area contributed by atoms with Crippen LogP contribution in [-0.2, 0) is 26.6 Å². The van der Waals surface area contributed by atoms with E-state index in [1.54, 1.807) is 24.0 Å². The lowest BCUT2D eigenvalue weighted by atomic mass is 9.86. The van der Waals surface area contributed by atoms with Gasteiger partial charge in [0, 0.05) is 44.7 Å². The second-order valence-corrected chi connectivity index (χ2v) is 8.75. The number of aryl methyl sites for hydroxylation is 2. The Morgan fingerprint density at radius 3 is 2.58 bits per heavy atom. The van der Waals surface area contributed by atoms with Gasteiger partial charge in [-0.3, -0.25) is 23.6 Å². The molecule has 0 bridgehead atoms. The van der Waals surface area contributed by atoms with Gasteiger partial charge in [-0.2, -0.15) is 10.2 Å². The van der Waals surface area contributed by atoms with E-state index in [0.717, 1.165) is 17.5 Å². The molecule has 2 aliphatic rings. The van der Waals surface area contributed by atoms with E-state index in [4.69, 9.17) is 0 Å². The number of benzene rings is 1. The van der Waals surface area contributed by atoms with Crippen LogP contribution in [0.25, 0.3) is 0 Å². The van der Waals surface area contributed by atoms with E-state index in [-0.39, 0.29) is 17.9 Å². The quantitative estimate of drug-likeness (QED) is 0.578. The van der Waals surface area contributed by atoms with Crippen LogP contribution in [0.5, 0.6) is 0 Å². The summed E-state index contributed by atoms with van der Waals surface area (Å²) in [6, 6.07) is 9.54. The van der Waals surface area contributed by atoms with Gasteiger partial charge >= 0.3 is 11.1 Å². The molecule has 9 nitrogen and oxygen atoms in total. The largest absolute Gasteiger partial charge is 0.337 e. The first-order valence-electron chi connectivity index (χ1n) is 10.4. The van der Waals surface area contributed by atoms with E-state index in [0.29, 0.717) is 37.6 Å². The molecule has 5 rings (SSSR count). The third-order valence-corrected chi connectivity index (χ3v) is 6.46. The maximum atomic E-state index is 12.9. The first-order chi connectivity index (χ1) is 14.8. The number of likely N-dealkylation sites (tertiary alicyclic amines) is 1. The lowest BCUT2D eigenvalue weighted by Gasteiger charge is -2.22. The second-order valence-electron chi connectivity index (χ2n) is 8.75. The number of carbonyl (C=O) groups is 1. The zero-order chi connectivity index (χ0) is 21.8. The number of rotatable bonds is 3. The number of hydrogen-bond donors (Lipinski definition) is 0. The highest BCUT2D eigenvalue weighted by Gasteiger charge is 2.46. The topological polar surface area (TPSA) is 95.0 Å². The van der Waals surface area contributed by atoms with Crippen molar-refractivity contribution < 1.29 is 4.79 Å². The number of hydrogen-bond acceptors (Lipinski definition) is 5. The lowest BCUT2D eigenvalue weighted by molar-refractivity contribution is 0.0761. The van der Waals surface area contributed by atoms with Crippen LogP contribution in [0.3, 0.4) is 0 Å². The molecule has 31 heavy (non-hydrogen) atoms. The molecule has 2 aliphatic heterocycles. The molecule has 1 atom stereocenters. The zero-order valence-electron chi connectivity index (χ0n) is 17.6. The highest BCUT2D eigenvalue weighted by atomic mass is 16.2. The standard InChI is InChI=1S/C22H24N6O3/c1-15-3-5-16(6-4-15)12-28-21(31)20(30)27-14-22(11-18(27)24-28)8-10-26(13-22)19(29)17-7-9-23-25(17)2/h3-7,9H,8,10-14H2,1-2H3/t22-/m0/s1. The minimum Gasteiger partial charge on any atom is -0.337 e. The molecule has 4 heterocycles. The number of nitrogens with zero attached hydrogens (tertiary/aromatic N) is 6. The number of fused-ring (bicyclic) bond motifs is 1. The number of carbonyl (C=O) groups excluding carboxylic acids is 1. The summed E-state index contributed by atoms with van der Waals surface area (Å²) < 4.78 is 4.35. The minimum absolute atomic E-state index is 0.0629. The first-order valence-corrected chi connectivity index (χ1v) is 10.4. The Labute approximate surface area is 178 Å². The molecule has 0 aliphatic carbocycles. The van der Waals surface area contributed by atoms with Crippen molar-refractivity contribution in [3.05, 3.63) is 79.9 Å². The number of aromatic nitrogens is 5. The molecule has 2 aromatic heterocycles. The predicted octanol–water partition coefficient (Wildman–Crippen LogP) is 0.584. The van der Waals surface area contributed by atoms with Crippen LogP contribution >= 0.6 is 0 Å². The van der Waals surface area contributed by atoms with Crippen LogP contribution in [0.1, 0.15) is 33.9 Å². The van der Waals surface area contributed by atoms with Gasteiger partial charge in [0.25, 0.3) is 5.91 Å². The van der Waals surface area contributed by atoms with E-state index in [1.165, 1.54) is 9.25 Å². The molecule has 1 fully saturated rings. The summed E-state index contributed by atoms with van der Waals surface area (Å²) in [4.78, 5) is 40.2. The average molecular weight is 420 g/mol. The first kappa shape index (κ1) is 19.5. The Morgan fingerprint density at radius 2 is 1.87 bits per heavy atom. The summed E-state index contributed by atoms with van der Waals surface area (Å²) in [5, 5.41) is 8.61. The lowest BCUT2D eigenvalue weighted by Crippen LogP contribution is -2.43. The zero-order valence-corrected chi connectivity index (χ0v) is 17.6. The van der Waals surface area contributed by atoms with Crippen LogP contribution in [0, 0.1) is 12.3 Å². The predicted molar refractivity (Wildman–Crippen MR) is 113 cm³/mol. The van der Waals surface area contributed by atoms with Crippen LogP contribution in [0.2, 0.25) is 0 Å². The molecule has 1 spiro atoms. The molecule has 1 amide bonds. The van der Waals surface area contributed by atoms with Gasteiger partial charge in [-0.25, -0.2) is 4.68 Å². The van der Waals surface area contributed by atoms with Crippen molar-refractivity contribution in [2.45, 2.75) is 32.9 Å². The third-order valence-electron chi connectivity index (χ3n) is 6.46. The van der Waals surface area contributed by atoms with Crippen molar-refractivity contribution in [1.29, 1.82) is 0 Å². The van der Waals surface area contributed by atoms with Gasteiger partial charge in [0.15, 0.2) is 0 Å². The molecule has 1 saturated heterocycles.